The Bertz CT molecular complexity index is 380. The molecule has 0 aromatic heterocycles. The summed E-state index contributed by atoms with van der Waals surface area (Å²) < 4.78 is 14.6. The normalized spacial score (nSPS) is 24.9. The summed E-state index contributed by atoms with van der Waals surface area (Å²) in [6.45, 7) is 0.739. The van der Waals surface area contributed by atoms with Crippen molar-refractivity contribution in [3.63, 3.8) is 0 Å². The second kappa shape index (κ2) is 5.96. The number of benzene rings is 1. The van der Waals surface area contributed by atoms with Crippen molar-refractivity contribution in [3.05, 3.63) is 34.1 Å². The summed E-state index contributed by atoms with van der Waals surface area (Å²) in [5.41, 5.74) is 6.64. The highest BCUT2D eigenvalue weighted by Gasteiger charge is 2.24. The molecule has 0 radical (unpaired) electrons. The maximum Gasteiger partial charge on any atom is 0.127 e. The lowest BCUT2D eigenvalue weighted by atomic mass is 9.76. The third-order valence-electron chi connectivity index (χ3n) is 3.87. The summed E-state index contributed by atoms with van der Waals surface area (Å²) >= 11 is 3.29. The van der Waals surface area contributed by atoms with E-state index in [4.69, 9.17) is 5.73 Å². The third-order valence-corrected chi connectivity index (χ3v) is 4.36. The van der Waals surface area contributed by atoms with E-state index in [9.17, 15) is 4.39 Å². The minimum absolute atomic E-state index is 0.0966. The maximum absolute atomic E-state index is 13.8. The molecule has 0 aliphatic heterocycles. The van der Waals surface area contributed by atoms with E-state index < -0.39 is 0 Å². The Kier molecular flexibility index (Phi) is 4.57. The van der Waals surface area contributed by atoms with Gasteiger partial charge in [-0.05, 0) is 55.3 Å². The van der Waals surface area contributed by atoms with Gasteiger partial charge in [-0.15, -0.1) is 0 Å². The van der Waals surface area contributed by atoms with Gasteiger partial charge in [0.05, 0.1) is 0 Å². The van der Waals surface area contributed by atoms with Gasteiger partial charge in [0, 0.05) is 4.47 Å². The van der Waals surface area contributed by atoms with Gasteiger partial charge in [0.1, 0.15) is 5.82 Å². The molecule has 2 rings (SSSR count). The molecule has 2 N–H and O–H groups in total. The molecule has 94 valence electrons. The van der Waals surface area contributed by atoms with E-state index >= 15 is 0 Å². The SMILES string of the molecule is NCC1CCCCC1Cc1ccc(Br)cc1F. The van der Waals surface area contributed by atoms with Gasteiger partial charge in [-0.25, -0.2) is 4.39 Å². The Morgan fingerprint density at radius 3 is 2.59 bits per heavy atom. The first-order chi connectivity index (χ1) is 8.20. The van der Waals surface area contributed by atoms with Crippen LogP contribution in [0.3, 0.4) is 0 Å². The van der Waals surface area contributed by atoms with Gasteiger partial charge in [-0.1, -0.05) is 34.8 Å². The minimum Gasteiger partial charge on any atom is -0.330 e. The highest BCUT2D eigenvalue weighted by Crippen LogP contribution is 2.32. The fraction of sp³-hybridized carbons (Fsp3) is 0.571. The van der Waals surface area contributed by atoms with Crippen molar-refractivity contribution in [2.75, 3.05) is 6.54 Å². The summed E-state index contributed by atoms with van der Waals surface area (Å²) in [5, 5.41) is 0. The molecule has 0 spiro atoms. The fourth-order valence-corrected chi connectivity index (χ4v) is 3.17. The van der Waals surface area contributed by atoms with Crippen LogP contribution in [0.5, 0.6) is 0 Å². The molecule has 0 bridgehead atoms. The summed E-state index contributed by atoms with van der Waals surface area (Å²) in [5.74, 6) is 1.04. The molecule has 1 aromatic carbocycles. The van der Waals surface area contributed by atoms with E-state index in [2.05, 4.69) is 15.9 Å². The molecule has 0 heterocycles. The van der Waals surface area contributed by atoms with Crippen molar-refractivity contribution in [1.29, 1.82) is 0 Å². The molecule has 0 saturated heterocycles. The Morgan fingerprint density at radius 2 is 1.94 bits per heavy atom. The number of halogens is 2. The highest BCUT2D eigenvalue weighted by molar-refractivity contribution is 9.10. The van der Waals surface area contributed by atoms with E-state index in [1.54, 1.807) is 6.07 Å². The molecule has 2 unspecified atom stereocenters. The Morgan fingerprint density at radius 1 is 1.24 bits per heavy atom. The van der Waals surface area contributed by atoms with Gasteiger partial charge in [-0.3, -0.25) is 0 Å². The monoisotopic (exact) mass is 299 g/mol. The van der Waals surface area contributed by atoms with Crippen molar-refractivity contribution >= 4 is 15.9 Å². The molecule has 1 aliphatic rings. The van der Waals surface area contributed by atoms with Gasteiger partial charge in [0.15, 0.2) is 0 Å². The average molecular weight is 300 g/mol. The first kappa shape index (κ1) is 13.0. The van der Waals surface area contributed by atoms with Crippen LogP contribution in [0.1, 0.15) is 31.2 Å². The Balaban J connectivity index is 2.08. The molecule has 1 nitrogen and oxygen atoms in total. The van der Waals surface area contributed by atoms with Crippen LogP contribution in [-0.4, -0.2) is 6.54 Å². The second-order valence-corrected chi connectivity index (χ2v) is 5.90. The molecule has 1 aromatic rings. The molecule has 1 fully saturated rings. The second-order valence-electron chi connectivity index (χ2n) is 4.98. The molecule has 1 saturated carbocycles. The van der Waals surface area contributed by atoms with E-state index in [0.717, 1.165) is 23.0 Å². The van der Waals surface area contributed by atoms with E-state index in [0.29, 0.717) is 11.8 Å². The van der Waals surface area contributed by atoms with E-state index in [-0.39, 0.29) is 5.82 Å². The maximum atomic E-state index is 13.8. The van der Waals surface area contributed by atoms with Crippen LogP contribution in [0, 0.1) is 17.7 Å². The van der Waals surface area contributed by atoms with Crippen LogP contribution in [0.4, 0.5) is 4.39 Å². The smallest absolute Gasteiger partial charge is 0.127 e. The topological polar surface area (TPSA) is 26.0 Å². The first-order valence-electron chi connectivity index (χ1n) is 6.34. The standard InChI is InChI=1S/C14H19BrFN/c15-13-6-5-11(14(16)8-13)7-10-3-1-2-4-12(10)9-17/h5-6,8,10,12H,1-4,7,9,17H2. The van der Waals surface area contributed by atoms with Crippen LogP contribution >= 0.6 is 15.9 Å². The zero-order chi connectivity index (χ0) is 12.3. The van der Waals surface area contributed by atoms with Crippen LogP contribution in [0.2, 0.25) is 0 Å². The van der Waals surface area contributed by atoms with Gasteiger partial charge in [0.25, 0.3) is 0 Å². The molecule has 17 heavy (non-hydrogen) atoms. The van der Waals surface area contributed by atoms with Crippen LogP contribution in [-0.2, 0) is 6.42 Å². The van der Waals surface area contributed by atoms with E-state index in [1.165, 1.54) is 25.7 Å². The van der Waals surface area contributed by atoms with Crippen LogP contribution in [0.25, 0.3) is 0 Å². The fourth-order valence-electron chi connectivity index (χ4n) is 2.83. The zero-order valence-electron chi connectivity index (χ0n) is 9.96. The Hall–Kier alpha value is -0.410. The number of hydrogen-bond donors (Lipinski definition) is 1. The van der Waals surface area contributed by atoms with Crippen molar-refractivity contribution in [2.45, 2.75) is 32.1 Å². The molecule has 1 aliphatic carbocycles. The molecule has 2 atom stereocenters. The third kappa shape index (κ3) is 3.29. The summed E-state index contributed by atoms with van der Waals surface area (Å²) in [6, 6.07) is 5.36. The zero-order valence-corrected chi connectivity index (χ0v) is 11.5. The predicted molar refractivity (Wildman–Crippen MR) is 72.3 cm³/mol. The van der Waals surface area contributed by atoms with Crippen LogP contribution < -0.4 is 5.73 Å². The van der Waals surface area contributed by atoms with Crippen molar-refractivity contribution in [3.8, 4) is 0 Å². The van der Waals surface area contributed by atoms with Gasteiger partial charge >= 0.3 is 0 Å². The quantitative estimate of drug-likeness (QED) is 0.900. The number of hydrogen-bond acceptors (Lipinski definition) is 1. The summed E-state index contributed by atoms with van der Waals surface area (Å²) in [7, 11) is 0. The van der Waals surface area contributed by atoms with Crippen molar-refractivity contribution in [2.24, 2.45) is 17.6 Å². The van der Waals surface area contributed by atoms with Crippen molar-refractivity contribution in [1.82, 2.24) is 0 Å². The summed E-state index contributed by atoms with van der Waals surface area (Å²) in [6.07, 6.45) is 5.78. The molecular weight excluding hydrogens is 281 g/mol. The Labute approximate surface area is 111 Å². The van der Waals surface area contributed by atoms with Gasteiger partial charge < -0.3 is 5.73 Å². The van der Waals surface area contributed by atoms with E-state index in [1.807, 2.05) is 12.1 Å². The molecular formula is C14H19BrFN. The first-order valence-corrected chi connectivity index (χ1v) is 7.14. The lowest BCUT2D eigenvalue weighted by Gasteiger charge is -2.30. The summed E-state index contributed by atoms with van der Waals surface area (Å²) in [4.78, 5) is 0. The van der Waals surface area contributed by atoms with Gasteiger partial charge in [-0.2, -0.15) is 0 Å². The van der Waals surface area contributed by atoms with Crippen LogP contribution in [0.15, 0.2) is 22.7 Å². The van der Waals surface area contributed by atoms with Crippen molar-refractivity contribution < 1.29 is 4.39 Å². The molecule has 0 amide bonds. The lowest BCUT2D eigenvalue weighted by Crippen LogP contribution is -2.28. The lowest BCUT2D eigenvalue weighted by molar-refractivity contribution is 0.240. The number of nitrogens with two attached hydrogens (primary N) is 1. The van der Waals surface area contributed by atoms with Gasteiger partial charge in [0.2, 0.25) is 0 Å². The predicted octanol–water partition coefficient (Wildman–Crippen LogP) is 3.90. The minimum atomic E-state index is -0.0966. The molecule has 3 heteroatoms. The average Bonchev–Trinajstić information content (AvgIpc) is 2.33. The largest absolute Gasteiger partial charge is 0.330 e. The number of rotatable bonds is 3. The highest BCUT2D eigenvalue weighted by atomic mass is 79.9.